The Bertz CT molecular complexity index is 995. The third-order valence-electron chi connectivity index (χ3n) is 8.05. The molecule has 43 heavy (non-hydrogen) atoms. The van der Waals surface area contributed by atoms with Crippen molar-refractivity contribution in [2.75, 3.05) is 13.2 Å². The molecule has 7 N–H and O–H groups in total. The molecule has 0 saturated carbocycles. The Balaban J connectivity index is 1.92. The maximum Gasteiger partial charge on any atom is 0.240 e. The molecule has 1 heterocycles. The van der Waals surface area contributed by atoms with E-state index < -0.39 is 72.2 Å². The van der Waals surface area contributed by atoms with Crippen LogP contribution in [-0.2, 0) is 19.5 Å². The molecule has 0 amide bonds. The van der Waals surface area contributed by atoms with E-state index in [-0.39, 0.29) is 11.3 Å². The normalized spacial score (nSPS) is 25.0. The number of hydrogen-bond acceptors (Lipinski definition) is 10. The lowest BCUT2D eigenvalue weighted by atomic mass is 9.99. The Morgan fingerprint density at radius 2 is 1.47 bits per heavy atom. The monoisotopic (exact) mass is 633 g/mol. The van der Waals surface area contributed by atoms with E-state index in [4.69, 9.17) is 9.47 Å². The average Bonchev–Trinajstić information content (AvgIpc) is 2.98. The summed E-state index contributed by atoms with van der Waals surface area (Å²) in [6.07, 6.45) is 3.54. The molecule has 1 saturated heterocycles. The number of hydrogen-bond donors (Lipinski definition) is 7. The van der Waals surface area contributed by atoms with Gasteiger partial charge in [0.1, 0.15) is 24.4 Å². The summed E-state index contributed by atoms with van der Waals surface area (Å²) >= 11 is 0. The lowest BCUT2D eigenvalue weighted by Crippen LogP contribution is -2.60. The highest BCUT2D eigenvalue weighted by molar-refractivity contribution is 7.89. The Kier molecular flexibility index (Phi) is 17.7. The third-order valence-corrected chi connectivity index (χ3v) is 9.54. The van der Waals surface area contributed by atoms with Gasteiger partial charge in [0.2, 0.25) is 10.0 Å². The molecule has 12 heteroatoms. The van der Waals surface area contributed by atoms with Crippen LogP contribution in [0.3, 0.4) is 0 Å². The number of aliphatic hydroxyl groups excluding tert-OH is 6. The van der Waals surface area contributed by atoms with E-state index in [2.05, 4.69) is 11.6 Å². The fourth-order valence-electron chi connectivity index (χ4n) is 5.29. The minimum Gasteiger partial charge on any atom is -0.394 e. The van der Waals surface area contributed by atoms with E-state index in [1.54, 1.807) is 19.1 Å². The maximum atomic E-state index is 13.2. The largest absolute Gasteiger partial charge is 0.394 e. The molecule has 1 aliphatic rings. The molecule has 0 aliphatic carbocycles. The molecule has 1 unspecified atom stereocenters. The van der Waals surface area contributed by atoms with Gasteiger partial charge in [0, 0.05) is 0 Å². The molecule has 250 valence electrons. The quantitative estimate of drug-likeness (QED) is 0.0934. The topological polar surface area (TPSA) is 186 Å². The highest BCUT2D eigenvalue weighted by atomic mass is 32.2. The van der Waals surface area contributed by atoms with Gasteiger partial charge in [-0.15, -0.1) is 0 Å². The number of sulfonamides is 1. The van der Waals surface area contributed by atoms with Crippen molar-refractivity contribution in [2.24, 2.45) is 0 Å². The molecule has 0 spiro atoms. The lowest BCUT2D eigenvalue weighted by Gasteiger charge is -2.40. The number of unbranched alkanes of at least 4 members (excludes halogenated alkanes) is 11. The number of benzene rings is 1. The van der Waals surface area contributed by atoms with Crippen molar-refractivity contribution in [1.82, 2.24) is 4.72 Å². The molecular weight excluding hydrogens is 578 g/mol. The van der Waals surface area contributed by atoms with Crippen LogP contribution in [0.5, 0.6) is 0 Å². The highest BCUT2D eigenvalue weighted by Gasteiger charge is 2.44. The first-order valence-corrected chi connectivity index (χ1v) is 17.4. The van der Waals surface area contributed by atoms with Crippen molar-refractivity contribution >= 4 is 10.0 Å². The predicted octanol–water partition coefficient (Wildman–Crippen LogP) is 2.27. The standard InChI is InChI=1S/C31H55NO10S/c1-3-4-5-6-7-8-9-10-11-12-13-14-18-25(34)27(35)24(32-43(39,40)23-17-15-16-22(2)19-23)21-41-31-30(38)29(37)28(36)26(20-33)42-31/h15-17,19,24-38H,3-14,18,20-21H2,1-2H3/t24?,25-,26-,27+,28+,29+,30-,31+/m1/s1. The van der Waals surface area contributed by atoms with E-state index >= 15 is 0 Å². The van der Waals surface area contributed by atoms with Gasteiger partial charge in [0.25, 0.3) is 0 Å². The van der Waals surface area contributed by atoms with E-state index in [1.807, 2.05) is 0 Å². The van der Waals surface area contributed by atoms with Crippen LogP contribution in [0.15, 0.2) is 29.2 Å². The van der Waals surface area contributed by atoms with Crippen molar-refractivity contribution in [3.05, 3.63) is 29.8 Å². The Labute approximate surface area is 257 Å². The molecule has 0 bridgehead atoms. The van der Waals surface area contributed by atoms with Gasteiger partial charge >= 0.3 is 0 Å². The molecule has 2 rings (SSSR count). The van der Waals surface area contributed by atoms with E-state index in [1.165, 1.54) is 63.5 Å². The third kappa shape index (κ3) is 13.0. The van der Waals surface area contributed by atoms with Crippen molar-refractivity contribution in [1.29, 1.82) is 0 Å². The molecule has 1 aliphatic heterocycles. The number of ether oxygens (including phenoxy) is 2. The van der Waals surface area contributed by atoms with Gasteiger partial charge < -0.3 is 40.1 Å². The molecule has 8 atom stereocenters. The summed E-state index contributed by atoms with van der Waals surface area (Å²) in [4.78, 5) is -0.0343. The summed E-state index contributed by atoms with van der Waals surface area (Å²) in [6.45, 7) is 2.76. The van der Waals surface area contributed by atoms with Crippen molar-refractivity contribution in [2.45, 2.75) is 151 Å². The first-order valence-electron chi connectivity index (χ1n) is 15.9. The fraction of sp³-hybridized carbons (Fsp3) is 0.806. The van der Waals surface area contributed by atoms with Gasteiger partial charge in [-0.1, -0.05) is 96.1 Å². The van der Waals surface area contributed by atoms with E-state index in [0.717, 1.165) is 19.3 Å². The average molecular weight is 634 g/mol. The second-order valence-corrected chi connectivity index (χ2v) is 13.5. The summed E-state index contributed by atoms with van der Waals surface area (Å²) in [5, 5.41) is 61.6. The molecular formula is C31H55NO10S. The van der Waals surface area contributed by atoms with Gasteiger partial charge in [-0.05, 0) is 31.0 Å². The first-order chi connectivity index (χ1) is 20.5. The Hall–Kier alpha value is -1.19. The summed E-state index contributed by atoms with van der Waals surface area (Å²) < 4.78 is 39.6. The minimum atomic E-state index is -4.14. The van der Waals surface area contributed by atoms with Crippen LogP contribution in [0.25, 0.3) is 0 Å². The van der Waals surface area contributed by atoms with Gasteiger partial charge in [-0.25, -0.2) is 13.1 Å². The Morgan fingerprint density at radius 3 is 2.02 bits per heavy atom. The van der Waals surface area contributed by atoms with Crippen LogP contribution < -0.4 is 4.72 Å². The molecule has 0 aromatic heterocycles. The SMILES string of the molecule is CCCCCCCCCCCCCC[C@@H](O)[C@@H](O)C(CO[C@H]1O[C@H](CO)[C@H](O)[C@H](O)[C@H]1O)NS(=O)(=O)c1cccc(C)c1. The summed E-state index contributed by atoms with van der Waals surface area (Å²) in [5.74, 6) is 0. The van der Waals surface area contributed by atoms with Crippen LogP contribution in [-0.4, -0.2) is 101 Å². The van der Waals surface area contributed by atoms with E-state index in [0.29, 0.717) is 12.0 Å². The lowest BCUT2D eigenvalue weighted by molar-refractivity contribution is -0.303. The molecule has 1 fully saturated rings. The molecule has 0 radical (unpaired) electrons. The predicted molar refractivity (Wildman–Crippen MR) is 163 cm³/mol. The van der Waals surface area contributed by atoms with Crippen molar-refractivity contribution < 1.29 is 48.5 Å². The number of aryl methyl sites for hydroxylation is 1. The van der Waals surface area contributed by atoms with Crippen molar-refractivity contribution in [3.8, 4) is 0 Å². The van der Waals surface area contributed by atoms with Crippen LogP contribution in [0.4, 0.5) is 0 Å². The van der Waals surface area contributed by atoms with Gasteiger partial charge in [-0.2, -0.15) is 0 Å². The van der Waals surface area contributed by atoms with Crippen LogP contribution in [0.1, 0.15) is 96.0 Å². The Morgan fingerprint density at radius 1 is 0.884 bits per heavy atom. The summed E-state index contributed by atoms with van der Waals surface area (Å²) in [5.41, 5.74) is 0.713. The van der Waals surface area contributed by atoms with E-state index in [9.17, 15) is 39.1 Å². The highest BCUT2D eigenvalue weighted by Crippen LogP contribution is 2.23. The minimum absolute atomic E-state index is 0.0343. The zero-order valence-electron chi connectivity index (χ0n) is 25.8. The van der Waals surface area contributed by atoms with Gasteiger partial charge in [-0.3, -0.25) is 0 Å². The van der Waals surface area contributed by atoms with Gasteiger partial charge in [0.05, 0.1) is 36.4 Å². The summed E-state index contributed by atoms with van der Waals surface area (Å²) in [7, 11) is -4.14. The molecule has 11 nitrogen and oxygen atoms in total. The second-order valence-electron chi connectivity index (χ2n) is 11.8. The first kappa shape index (κ1) is 38.0. The van der Waals surface area contributed by atoms with Crippen molar-refractivity contribution in [3.63, 3.8) is 0 Å². The number of aliphatic hydroxyl groups is 6. The molecule has 1 aromatic rings. The fourth-order valence-corrected chi connectivity index (χ4v) is 6.63. The van der Waals surface area contributed by atoms with Crippen LogP contribution in [0, 0.1) is 6.92 Å². The van der Waals surface area contributed by atoms with Crippen LogP contribution in [0.2, 0.25) is 0 Å². The van der Waals surface area contributed by atoms with Gasteiger partial charge in [0.15, 0.2) is 6.29 Å². The van der Waals surface area contributed by atoms with Crippen LogP contribution >= 0.6 is 0 Å². The number of rotatable bonds is 22. The maximum absolute atomic E-state index is 13.2. The zero-order chi connectivity index (χ0) is 31.8. The number of nitrogens with one attached hydrogen (secondary N) is 1. The zero-order valence-corrected chi connectivity index (χ0v) is 26.6. The molecule has 1 aromatic carbocycles. The summed E-state index contributed by atoms with van der Waals surface area (Å²) in [6, 6.07) is 4.85. The smallest absolute Gasteiger partial charge is 0.240 e. The second kappa shape index (κ2) is 20.0.